The van der Waals surface area contributed by atoms with Crippen LogP contribution in [-0.2, 0) is 23.0 Å². The fourth-order valence-corrected chi connectivity index (χ4v) is 5.28. The number of hydrogen-bond acceptors (Lipinski definition) is 6. The van der Waals surface area contributed by atoms with Crippen LogP contribution in [0, 0.1) is 5.82 Å². The second-order valence-electron chi connectivity index (χ2n) is 9.60. The summed E-state index contributed by atoms with van der Waals surface area (Å²) in [5.74, 6) is -0.150. The molecule has 2 amide bonds. The lowest BCUT2D eigenvalue weighted by molar-refractivity contribution is 0.0955. The zero-order valence-corrected chi connectivity index (χ0v) is 24.8. The van der Waals surface area contributed by atoms with Gasteiger partial charge in [-0.1, -0.05) is 36.4 Å². The van der Waals surface area contributed by atoms with Crippen LogP contribution in [-0.4, -0.2) is 47.3 Å². The summed E-state index contributed by atoms with van der Waals surface area (Å²) in [6.07, 6.45) is 1.58. The summed E-state index contributed by atoms with van der Waals surface area (Å²) < 4.78 is 50.8. The molecule has 4 aromatic rings. The molecular formula is C32H32FN3O6S. The zero-order chi connectivity index (χ0) is 31.0. The van der Waals surface area contributed by atoms with Crippen LogP contribution < -0.4 is 24.4 Å². The maximum Gasteiger partial charge on any atom is 0.255 e. The standard InChI is InChI=1S/C32H32FN3O6S/c1-41-29-17-12-22(20-30(29)42-2)18-19-34-32(38)26-9-5-7-11-28(26)35-31(37)23-13-15-25(16-14-23)36(43(3,39)40)21-24-8-4-6-10-27(24)33/h4-17,20H,18-19,21H2,1-3H3,(H,34,38)(H,35,37). The number of anilines is 2. The summed E-state index contributed by atoms with van der Waals surface area (Å²) in [5, 5.41) is 5.63. The number of para-hydroxylation sites is 1. The number of methoxy groups -OCH3 is 2. The molecule has 0 bridgehead atoms. The molecule has 4 rings (SSSR count). The molecular weight excluding hydrogens is 573 g/mol. The molecule has 0 radical (unpaired) electrons. The van der Waals surface area contributed by atoms with E-state index in [1.54, 1.807) is 50.6 Å². The third kappa shape index (κ3) is 7.89. The van der Waals surface area contributed by atoms with Gasteiger partial charge < -0.3 is 20.1 Å². The minimum Gasteiger partial charge on any atom is -0.493 e. The van der Waals surface area contributed by atoms with E-state index in [0.29, 0.717) is 30.2 Å². The summed E-state index contributed by atoms with van der Waals surface area (Å²) in [6.45, 7) is 0.146. The summed E-state index contributed by atoms with van der Waals surface area (Å²) in [5.41, 5.74) is 2.29. The number of rotatable bonds is 12. The number of halogens is 1. The van der Waals surface area contributed by atoms with Gasteiger partial charge in [-0.25, -0.2) is 12.8 Å². The monoisotopic (exact) mass is 605 g/mol. The van der Waals surface area contributed by atoms with E-state index in [9.17, 15) is 22.4 Å². The van der Waals surface area contributed by atoms with Crippen molar-refractivity contribution in [2.75, 3.05) is 36.6 Å². The lowest BCUT2D eigenvalue weighted by Crippen LogP contribution is -2.29. The third-order valence-corrected chi connectivity index (χ3v) is 7.80. The molecule has 0 unspecified atom stereocenters. The second-order valence-corrected chi connectivity index (χ2v) is 11.5. The minimum atomic E-state index is -3.75. The number of hydrogen-bond donors (Lipinski definition) is 2. The Morgan fingerprint density at radius 3 is 2.19 bits per heavy atom. The first-order chi connectivity index (χ1) is 20.6. The van der Waals surface area contributed by atoms with Crippen LogP contribution in [0.25, 0.3) is 0 Å². The van der Waals surface area contributed by atoms with Crippen LogP contribution in [0.3, 0.4) is 0 Å². The fraction of sp³-hybridized carbons (Fsp3) is 0.188. The molecule has 4 aromatic carbocycles. The van der Waals surface area contributed by atoms with Crippen molar-refractivity contribution < 1.29 is 31.9 Å². The number of carbonyl (C=O) groups is 2. The van der Waals surface area contributed by atoms with Crippen molar-refractivity contribution in [3.63, 3.8) is 0 Å². The molecule has 0 aliphatic carbocycles. The molecule has 0 heterocycles. The molecule has 11 heteroatoms. The topological polar surface area (TPSA) is 114 Å². The molecule has 43 heavy (non-hydrogen) atoms. The van der Waals surface area contributed by atoms with Crippen molar-refractivity contribution in [1.29, 1.82) is 0 Å². The van der Waals surface area contributed by atoms with Gasteiger partial charge in [0.25, 0.3) is 11.8 Å². The molecule has 0 spiro atoms. The minimum absolute atomic E-state index is 0.203. The van der Waals surface area contributed by atoms with Gasteiger partial charge >= 0.3 is 0 Å². The average molecular weight is 606 g/mol. The van der Waals surface area contributed by atoms with E-state index in [1.807, 2.05) is 12.1 Å². The van der Waals surface area contributed by atoms with Crippen molar-refractivity contribution in [3.8, 4) is 11.5 Å². The summed E-state index contributed by atoms with van der Waals surface area (Å²) >= 11 is 0. The predicted molar refractivity (Wildman–Crippen MR) is 164 cm³/mol. The molecule has 0 saturated carbocycles. The largest absolute Gasteiger partial charge is 0.493 e. The normalized spacial score (nSPS) is 11.0. The molecule has 0 aliphatic heterocycles. The van der Waals surface area contributed by atoms with E-state index < -0.39 is 21.7 Å². The Kier molecular flexibility index (Phi) is 9.99. The Morgan fingerprint density at radius 2 is 1.51 bits per heavy atom. The molecule has 0 atom stereocenters. The van der Waals surface area contributed by atoms with Gasteiger partial charge in [-0.05, 0) is 66.6 Å². The molecule has 2 N–H and O–H groups in total. The van der Waals surface area contributed by atoms with Crippen LogP contribution in [0.15, 0.2) is 91.0 Å². The Labute approximate surface area is 250 Å². The van der Waals surface area contributed by atoms with Crippen molar-refractivity contribution in [2.24, 2.45) is 0 Å². The first-order valence-corrected chi connectivity index (χ1v) is 15.2. The maximum absolute atomic E-state index is 14.2. The van der Waals surface area contributed by atoms with Crippen LogP contribution in [0.5, 0.6) is 11.5 Å². The van der Waals surface area contributed by atoms with Gasteiger partial charge in [0, 0.05) is 17.7 Å². The van der Waals surface area contributed by atoms with Gasteiger partial charge in [0.1, 0.15) is 5.82 Å². The van der Waals surface area contributed by atoms with Crippen molar-refractivity contribution >= 4 is 33.2 Å². The van der Waals surface area contributed by atoms with Crippen molar-refractivity contribution in [3.05, 3.63) is 119 Å². The third-order valence-electron chi connectivity index (χ3n) is 6.66. The van der Waals surface area contributed by atoms with Crippen LogP contribution >= 0.6 is 0 Å². The van der Waals surface area contributed by atoms with Gasteiger partial charge in [-0.3, -0.25) is 13.9 Å². The Bertz CT molecular complexity index is 1710. The molecule has 0 fully saturated rings. The molecule has 0 aliphatic rings. The highest BCUT2D eigenvalue weighted by Gasteiger charge is 2.20. The van der Waals surface area contributed by atoms with Crippen LogP contribution in [0.2, 0.25) is 0 Å². The van der Waals surface area contributed by atoms with Gasteiger partial charge in [-0.2, -0.15) is 0 Å². The lowest BCUT2D eigenvalue weighted by atomic mass is 10.1. The number of benzene rings is 4. The Balaban J connectivity index is 1.42. The van der Waals surface area contributed by atoms with Crippen molar-refractivity contribution in [2.45, 2.75) is 13.0 Å². The van der Waals surface area contributed by atoms with Gasteiger partial charge in [0.2, 0.25) is 10.0 Å². The van der Waals surface area contributed by atoms with Gasteiger partial charge in [0.05, 0.1) is 44.0 Å². The number of ether oxygens (including phenoxy) is 2. The zero-order valence-electron chi connectivity index (χ0n) is 24.0. The van der Waals surface area contributed by atoms with E-state index >= 15 is 0 Å². The predicted octanol–water partition coefficient (Wildman–Crippen LogP) is 5.03. The maximum atomic E-state index is 14.2. The fourth-order valence-electron chi connectivity index (χ4n) is 4.40. The van der Waals surface area contributed by atoms with E-state index in [-0.39, 0.29) is 34.8 Å². The first kappa shape index (κ1) is 31.0. The molecule has 0 saturated heterocycles. The lowest BCUT2D eigenvalue weighted by Gasteiger charge is -2.23. The van der Waals surface area contributed by atoms with Crippen LogP contribution in [0.4, 0.5) is 15.8 Å². The number of nitrogens with one attached hydrogen (secondary N) is 2. The highest BCUT2D eigenvalue weighted by Crippen LogP contribution is 2.28. The van der Waals surface area contributed by atoms with Gasteiger partial charge in [-0.15, -0.1) is 0 Å². The van der Waals surface area contributed by atoms with Crippen LogP contribution in [0.1, 0.15) is 31.8 Å². The van der Waals surface area contributed by atoms with Gasteiger partial charge in [0.15, 0.2) is 11.5 Å². The highest BCUT2D eigenvalue weighted by molar-refractivity contribution is 7.92. The highest BCUT2D eigenvalue weighted by atomic mass is 32.2. The second kappa shape index (κ2) is 13.8. The summed E-state index contributed by atoms with van der Waals surface area (Å²) in [4.78, 5) is 26.1. The Morgan fingerprint density at radius 1 is 0.837 bits per heavy atom. The SMILES string of the molecule is COc1ccc(CCNC(=O)c2ccccc2NC(=O)c2ccc(N(Cc3ccccc3F)S(C)(=O)=O)cc2)cc1OC. The first-order valence-electron chi connectivity index (χ1n) is 13.3. The van der Waals surface area contributed by atoms with Crippen molar-refractivity contribution in [1.82, 2.24) is 5.32 Å². The molecule has 224 valence electrons. The number of sulfonamides is 1. The van der Waals surface area contributed by atoms with E-state index in [2.05, 4.69) is 10.6 Å². The molecule has 9 nitrogen and oxygen atoms in total. The Hall–Kier alpha value is -4.90. The molecule has 0 aromatic heterocycles. The smallest absolute Gasteiger partial charge is 0.255 e. The number of amides is 2. The summed E-state index contributed by atoms with van der Waals surface area (Å²) in [7, 11) is -0.634. The number of nitrogens with zero attached hydrogens (tertiary/aromatic N) is 1. The number of carbonyl (C=O) groups excluding carboxylic acids is 2. The van der Waals surface area contributed by atoms with E-state index in [4.69, 9.17) is 9.47 Å². The quantitative estimate of drug-likeness (QED) is 0.234. The van der Waals surface area contributed by atoms with E-state index in [1.165, 1.54) is 42.5 Å². The average Bonchev–Trinajstić information content (AvgIpc) is 3.00. The summed E-state index contributed by atoms with van der Waals surface area (Å²) in [6, 6.07) is 24.0. The van der Waals surface area contributed by atoms with E-state index in [0.717, 1.165) is 16.1 Å².